The molecule has 27 heavy (non-hydrogen) atoms. The molecule has 2 heterocycles. The number of methoxy groups -OCH3 is 2. The topological polar surface area (TPSA) is 47.5 Å². The summed E-state index contributed by atoms with van der Waals surface area (Å²) in [7, 11) is 3.40. The highest BCUT2D eigenvalue weighted by atomic mass is 35.5. The number of halogens is 1. The summed E-state index contributed by atoms with van der Waals surface area (Å²) in [5.41, 5.74) is 3.77. The lowest BCUT2D eigenvalue weighted by molar-refractivity contribution is 0.161. The van der Waals surface area contributed by atoms with Gasteiger partial charge >= 0.3 is 0 Å². The summed E-state index contributed by atoms with van der Waals surface area (Å²) in [6, 6.07) is 5.71. The molecule has 0 unspecified atom stereocenters. The molecule has 1 aromatic heterocycles. The Labute approximate surface area is 166 Å². The van der Waals surface area contributed by atoms with Crippen LogP contribution in [0.15, 0.2) is 18.2 Å². The van der Waals surface area contributed by atoms with E-state index in [1.807, 2.05) is 18.2 Å². The number of ether oxygens (including phenoxy) is 2. The Hall–Kier alpha value is -1.85. The number of aromatic nitrogens is 2. The van der Waals surface area contributed by atoms with Crippen LogP contribution in [0.5, 0.6) is 5.75 Å². The Kier molecular flexibility index (Phi) is 6.55. The Morgan fingerprint density at radius 3 is 2.56 bits per heavy atom. The highest BCUT2D eigenvalue weighted by Crippen LogP contribution is 2.34. The highest BCUT2D eigenvalue weighted by molar-refractivity contribution is 6.33. The molecule has 6 heteroatoms. The predicted molar refractivity (Wildman–Crippen MR) is 110 cm³/mol. The molecule has 5 nitrogen and oxygen atoms in total. The first kappa shape index (κ1) is 19.9. The maximum atomic E-state index is 6.52. The number of nitrogens with zero attached hydrogens (tertiary/aromatic N) is 3. The molecule has 0 amide bonds. The van der Waals surface area contributed by atoms with E-state index >= 15 is 0 Å². The standard InChI is InChI=1S/C21H28ClN3O2/c1-5-18-20(16-8-7-15(27-4)11-17(16)22)23-19(6-2)21(24-18)25-10-9-14(12-25)13-26-3/h7-8,11,14H,5-6,9-10,12-13H2,1-4H3/t14-/m0/s1. The predicted octanol–water partition coefficient (Wildman–Crippen LogP) is 4.40. The fourth-order valence-corrected chi connectivity index (χ4v) is 3.92. The largest absolute Gasteiger partial charge is 0.497 e. The van der Waals surface area contributed by atoms with Crippen LogP contribution in [0.2, 0.25) is 5.02 Å². The third-order valence-corrected chi connectivity index (χ3v) is 5.42. The molecule has 146 valence electrons. The summed E-state index contributed by atoms with van der Waals surface area (Å²) in [6.07, 6.45) is 2.77. The van der Waals surface area contributed by atoms with Crippen LogP contribution in [-0.4, -0.2) is 43.9 Å². The van der Waals surface area contributed by atoms with Gasteiger partial charge in [-0.2, -0.15) is 0 Å². The van der Waals surface area contributed by atoms with Gasteiger partial charge in [-0.05, 0) is 37.5 Å². The summed E-state index contributed by atoms with van der Waals surface area (Å²) < 4.78 is 10.6. The van der Waals surface area contributed by atoms with Crippen molar-refractivity contribution in [2.45, 2.75) is 33.1 Å². The molecule has 0 spiro atoms. The van der Waals surface area contributed by atoms with Gasteiger partial charge in [0.25, 0.3) is 0 Å². The van der Waals surface area contributed by atoms with Gasteiger partial charge in [0.1, 0.15) is 5.75 Å². The number of benzene rings is 1. The Bertz CT molecular complexity index is 797. The first-order valence-corrected chi connectivity index (χ1v) is 9.96. The van der Waals surface area contributed by atoms with Gasteiger partial charge in [-0.25, -0.2) is 9.97 Å². The van der Waals surface area contributed by atoms with Gasteiger partial charge in [0.15, 0.2) is 5.82 Å². The smallest absolute Gasteiger partial charge is 0.150 e. The van der Waals surface area contributed by atoms with Crippen LogP contribution in [0, 0.1) is 5.92 Å². The molecule has 0 bridgehead atoms. The average Bonchev–Trinajstić information content (AvgIpc) is 3.15. The zero-order chi connectivity index (χ0) is 19.4. The van der Waals surface area contributed by atoms with Crippen LogP contribution in [0.1, 0.15) is 31.7 Å². The van der Waals surface area contributed by atoms with Crippen LogP contribution in [0.4, 0.5) is 5.82 Å². The Balaban J connectivity index is 2.00. The molecule has 1 aromatic carbocycles. The van der Waals surface area contributed by atoms with E-state index < -0.39 is 0 Å². The van der Waals surface area contributed by atoms with E-state index in [4.69, 9.17) is 31.0 Å². The molecule has 1 aliphatic rings. The van der Waals surface area contributed by atoms with Gasteiger partial charge in [0, 0.05) is 31.7 Å². The van der Waals surface area contributed by atoms with E-state index in [-0.39, 0.29) is 0 Å². The van der Waals surface area contributed by atoms with Crippen LogP contribution in [0.3, 0.4) is 0 Å². The van der Waals surface area contributed by atoms with Gasteiger partial charge in [-0.15, -0.1) is 0 Å². The minimum absolute atomic E-state index is 0.558. The zero-order valence-corrected chi connectivity index (χ0v) is 17.3. The lowest BCUT2D eigenvalue weighted by atomic mass is 10.1. The maximum absolute atomic E-state index is 6.52. The van der Waals surface area contributed by atoms with Crippen molar-refractivity contribution in [1.29, 1.82) is 0 Å². The fraction of sp³-hybridized carbons (Fsp3) is 0.524. The number of aryl methyl sites for hydroxylation is 2. The van der Waals surface area contributed by atoms with Crippen LogP contribution >= 0.6 is 11.6 Å². The van der Waals surface area contributed by atoms with E-state index in [1.54, 1.807) is 14.2 Å². The summed E-state index contributed by atoms with van der Waals surface area (Å²) in [4.78, 5) is 12.4. The first-order chi connectivity index (χ1) is 13.1. The molecule has 0 aliphatic carbocycles. The summed E-state index contributed by atoms with van der Waals surface area (Å²) in [5, 5.41) is 0.634. The van der Waals surface area contributed by atoms with Crippen LogP contribution in [-0.2, 0) is 17.6 Å². The molecule has 0 radical (unpaired) electrons. The van der Waals surface area contributed by atoms with E-state index in [1.165, 1.54) is 0 Å². The summed E-state index contributed by atoms with van der Waals surface area (Å²) >= 11 is 6.52. The second-order valence-corrected chi connectivity index (χ2v) is 7.31. The normalized spacial score (nSPS) is 16.8. The van der Waals surface area contributed by atoms with E-state index in [9.17, 15) is 0 Å². The van der Waals surface area contributed by atoms with Crippen molar-refractivity contribution in [3.63, 3.8) is 0 Å². The molecule has 2 aromatic rings. The van der Waals surface area contributed by atoms with Crippen LogP contribution in [0.25, 0.3) is 11.3 Å². The van der Waals surface area contributed by atoms with Crippen molar-refractivity contribution in [2.75, 3.05) is 38.8 Å². The minimum Gasteiger partial charge on any atom is -0.497 e. The van der Waals surface area contributed by atoms with E-state index in [0.717, 1.165) is 73.2 Å². The number of hydrogen-bond donors (Lipinski definition) is 0. The SMILES string of the molecule is CCc1nc(N2CC[C@H](COC)C2)c(CC)nc1-c1ccc(OC)cc1Cl. The Morgan fingerprint density at radius 1 is 1.15 bits per heavy atom. The van der Waals surface area contributed by atoms with E-state index in [0.29, 0.717) is 10.9 Å². The van der Waals surface area contributed by atoms with Gasteiger partial charge in [-0.3, -0.25) is 0 Å². The highest BCUT2D eigenvalue weighted by Gasteiger charge is 2.26. The maximum Gasteiger partial charge on any atom is 0.150 e. The van der Waals surface area contributed by atoms with E-state index in [2.05, 4.69) is 18.7 Å². The number of hydrogen-bond acceptors (Lipinski definition) is 5. The van der Waals surface area contributed by atoms with Gasteiger partial charge in [0.05, 0.1) is 35.8 Å². The summed E-state index contributed by atoms with van der Waals surface area (Å²) in [5.74, 6) is 2.31. The first-order valence-electron chi connectivity index (χ1n) is 9.58. The quantitative estimate of drug-likeness (QED) is 0.702. The molecular weight excluding hydrogens is 362 g/mol. The third-order valence-electron chi connectivity index (χ3n) is 5.11. The second-order valence-electron chi connectivity index (χ2n) is 6.90. The third kappa shape index (κ3) is 4.19. The zero-order valence-electron chi connectivity index (χ0n) is 16.6. The van der Waals surface area contributed by atoms with Crippen molar-refractivity contribution in [3.8, 4) is 17.0 Å². The number of anilines is 1. The molecule has 1 atom stereocenters. The summed E-state index contributed by atoms with van der Waals surface area (Å²) in [6.45, 7) is 7.01. The van der Waals surface area contributed by atoms with Gasteiger partial charge in [-0.1, -0.05) is 25.4 Å². The molecule has 1 aliphatic heterocycles. The molecule has 1 saturated heterocycles. The van der Waals surface area contributed by atoms with Crippen molar-refractivity contribution in [3.05, 3.63) is 34.6 Å². The minimum atomic E-state index is 0.558. The van der Waals surface area contributed by atoms with Crippen molar-refractivity contribution < 1.29 is 9.47 Å². The van der Waals surface area contributed by atoms with Crippen molar-refractivity contribution in [1.82, 2.24) is 9.97 Å². The van der Waals surface area contributed by atoms with Gasteiger partial charge in [0.2, 0.25) is 0 Å². The van der Waals surface area contributed by atoms with Crippen LogP contribution < -0.4 is 9.64 Å². The fourth-order valence-electron chi connectivity index (χ4n) is 3.66. The average molecular weight is 390 g/mol. The van der Waals surface area contributed by atoms with Crippen molar-refractivity contribution >= 4 is 17.4 Å². The molecule has 0 saturated carbocycles. The second kappa shape index (κ2) is 8.89. The number of rotatable bonds is 7. The molecular formula is C21H28ClN3O2. The van der Waals surface area contributed by atoms with Crippen molar-refractivity contribution in [2.24, 2.45) is 5.92 Å². The Morgan fingerprint density at radius 2 is 1.93 bits per heavy atom. The lowest BCUT2D eigenvalue weighted by Gasteiger charge is -2.22. The molecule has 3 rings (SSSR count). The molecule has 1 fully saturated rings. The lowest BCUT2D eigenvalue weighted by Crippen LogP contribution is -2.24. The van der Waals surface area contributed by atoms with Gasteiger partial charge < -0.3 is 14.4 Å². The monoisotopic (exact) mass is 389 g/mol. The molecule has 0 N–H and O–H groups in total.